The predicted molar refractivity (Wildman–Crippen MR) is 150 cm³/mol. The highest BCUT2D eigenvalue weighted by molar-refractivity contribution is 9.10. The molecule has 0 bridgehead atoms. The van der Waals surface area contributed by atoms with Gasteiger partial charge in [0, 0.05) is 36.2 Å². The molecule has 0 saturated carbocycles. The summed E-state index contributed by atoms with van der Waals surface area (Å²) in [4.78, 5) is 42.4. The molecule has 0 atom stereocenters. The molecule has 2 amide bonds. The Balaban J connectivity index is 1.52. The zero-order valence-corrected chi connectivity index (χ0v) is 23.2. The molecule has 198 valence electrons. The highest BCUT2D eigenvalue weighted by Crippen LogP contribution is 2.31. The lowest BCUT2D eigenvalue weighted by atomic mass is 10.1. The van der Waals surface area contributed by atoms with Crippen LogP contribution >= 0.6 is 15.9 Å². The summed E-state index contributed by atoms with van der Waals surface area (Å²) in [5.74, 6) is -0.333. The molecule has 0 spiro atoms. The molecule has 9 heteroatoms. The number of carbonyl (C=O) groups is 3. The predicted octanol–water partition coefficient (Wildman–Crippen LogP) is 4.99. The number of methoxy groups -OCH3 is 1. The van der Waals surface area contributed by atoms with Gasteiger partial charge in [-0.1, -0.05) is 34.1 Å². The quantitative estimate of drug-likeness (QED) is 0.396. The standard InChI is InChI=1S/C29H30BrN3O5/c1-29(2,38-23-12-10-22(30)11-13-23)28(36)31-24-19-21(27(35)37-3)9-14-25(24)32-15-17-33(18-16-32)26(34)20-7-5-4-6-8-20/h4-14,19H,15-18H2,1-3H3,(H,31,36). The van der Waals surface area contributed by atoms with Gasteiger partial charge in [0.2, 0.25) is 0 Å². The van der Waals surface area contributed by atoms with Gasteiger partial charge in [-0.3, -0.25) is 9.59 Å². The van der Waals surface area contributed by atoms with Gasteiger partial charge < -0.3 is 24.6 Å². The number of hydrogen-bond donors (Lipinski definition) is 1. The summed E-state index contributed by atoms with van der Waals surface area (Å²) >= 11 is 3.39. The Morgan fingerprint density at radius 2 is 1.53 bits per heavy atom. The van der Waals surface area contributed by atoms with Crippen LogP contribution in [0.25, 0.3) is 0 Å². The van der Waals surface area contributed by atoms with Gasteiger partial charge in [0.05, 0.1) is 24.0 Å². The molecule has 0 aromatic heterocycles. The summed E-state index contributed by atoms with van der Waals surface area (Å²) in [5, 5.41) is 2.96. The Morgan fingerprint density at radius 1 is 0.868 bits per heavy atom. The third-order valence-electron chi connectivity index (χ3n) is 6.33. The highest BCUT2D eigenvalue weighted by atomic mass is 79.9. The Kier molecular flexibility index (Phi) is 8.36. The summed E-state index contributed by atoms with van der Waals surface area (Å²) in [6.07, 6.45) is 0. The van der Waals surface area contributed by atoms with Gasteiger partial charge in [0.25, 0.3) is 11.8 Å². The summed E-state index contributed by atoms with van der Waals surface area (Å²) < 4.78 is 11.8. The fourth-order valence-electron chi connectivity index (χ4n) is 4.19. The van der Waals surface area contributed by atoms with E-state index >= 15 is 0 Å². The van der Waals surface area contributed by atoms with Crippen LogP contribution in [0.15, 0.2) is 77.3 Å². The molecule has 3 aromatic carbocycles. The van der Waals surface area contributed by atoms with E-state index in [1.165, 1.54) is 7.11 Å². The van der Waals surface area contributed by atoms with E-state index in [1.807, 2.05) is 47.4 Å². The van der Waals surface area contributed by atoms with E-state index in [2.05, 4.69) is 26.1 Å². The van der Waals surface area contributed by atoms with Crippen molar-refractivity contribution >= 4 is 45.1 Å². The molecule has 1 aliphatic heterocycles. The number of carbonyl (C=O) groups excluding carboxylic acids is 3. The van der Waals surface area contributed by atoms with Crippen molar-refractivity contribution in [1.82, 2.24) is 4.90 Å². The van der Waals surface area contributed by atoms with Crippen LogP contribution in [0, 0.1) is 0 Å². The fraction of sp³-hybridized carbons (Fsp3) is 0.276. The number of piperazine rings is 1. The van der Waals surface area contributed by atoms with Crippen LogP contribution in [0.1, 0.15) is 34.6 Å². The zero-order chi connectivity index (χ0) is 27.3. The van der Waals surface area contributed by atoms with Crippen molar-refractivity contribution in [3.63, 3.8) is 0 Å². The summed E-state index contributed by atoms with van der Waals surface area (Å²) in [7, 11) is 1.31. The Labute approximate surface area is 230 Å². The minimum atomic E-state index is -1.20. The molecule has 1 aliphatic rings. The van der Waals surface area contributed by atoms with Crippen molar-refractivity contribution < 1.29 is 23.9 Å². The van der Waals surface area contributed by atoms with Crippen LogP contribution in [0.4, 0.5) is 11.4 Å². The maximum absolute atomic E-state index is 13.4. The van der Waals surface area contributed by atoms with Crippen LogP contribution in [0.5, 0.6) is 5.75 Å². The topological polar surface area (TPSA) is 88.2 Å². The normalized spacial score (nSPS) is 13.6. The number of benzene rings is 3. The van der Waals surface area contributed by atoms with Crippen LogP contribution in [-0.4, -0.2) is 61.6 Å². The molecule has 3 aromatic rings. The first-order valence-corrected chi connectivity index (χ1v) is 13.0. The molecule has 1 saturated heterocycles. The van der Waals surface area contributed by atoms with Crippen molar-refractivity contribution in [2.45, 2.75) is 19.4 Å². The van der Waals surface area contributed by atoms with Crippen LogP contribution < -0.4 is 15.0 Å². The van der Waals surface area contributed by atoms with E-state index in [4.69, 9.17) is 9.47 Å². The Bertz CT molecular complexity index is 1300. The number of amides is 2. The summed E-state index contributed by atoms with van der Waals surface area (Å²) in [6, 6.07) is 21.5. The van der Waals surface area contributed by atoms with E-state index < -0.39 is 11.6 Å². The molecular formula is C29H30BrN3O5. The highest BCUT2D eigenvalue weighted by Gasteiger charge is 2.32. The van der Waals surface area contributed by atoms with Crippen LogP contribution in [0.3, 0.4) is 0 Å². The largest absolute Gasteiger partial charge is 0.478 e. The number of hydrogen-bond acceptors (Lipinski definition) is 6. The van der Waals surface area contributed by atoms with E-state index in [0.717, 1.165) is 10.2 Å². The van der Waals surface area contributed by atoms with Crippen molar-refractivity contribution in [2.24, 2.45) is 0 Å². The van der Waals surface area contributed by atoms with Crippen molar-refractivity contribution in [1.29, 1.82) is 0 Å². The average Bonchev–Trinajstić information content (AvgIpc) is 2.94. The molecular weight excluding hydrogens is 550 g/mol. The zero-order valence-electron chi connectivity index (χ0n) is 21.6. The summed E-state index contributed by atoms with van der Waals surface area (Å²) in [6.45, 7) is 5.55. The Hall–Kier alpha value is -3.85. The fourth-order valence-corrected chi connectivity index (χ4v) is 4.45. The first-order valence-electron chi connectivity index (χ1n) is 12.3. The molecule has 1 N–H and O–H groups in total. The lowest BCUT2D eigenvalue weighted by molar-refractivity contribution is -0.128. The Morgan fingerprint density at radius 3 is 2.16 bits per heavy atom. The van der Waals surface area contributed by atoms with E-state index in [-0.39, 0.29) is 11.8 Å². The van der Waals surface area contributed by atoms with Crippen LogP contribution in [0.2, 0.25) is 0 Å². The second-order valence-electron chi connectivity index (χ2n) is 9.39. The SMILES string of the molecule is COC(=O)c1ccc(N2CCN(C(=O)c3ccccc3)CC2)c(NC(=O)C(C)(C)Oc2ccc(Br)cc2)c1. The van der Waals surface area contributed by atoms with Gasteiger partial charge in [-0.05, 0) is 68.4 Å². The number of anilines is 2. The molecule has 1 heterocycles. The molecule has 0 unspecified atom stereocenters. The minimum absolute atomic E-state index is 0.00773. The number of rotatable bonds is 7. The van der Waals surface area contributed by atoms with Crippen molar-refractivity contribution in [2.75, 3.05) is 43.5 Å². The van der Waals surface area contributed by atoms with Crippen molar-refractivity contribution in [3.8, 4) is 5.75 Å². The summed E-state index contributed by atoms with van der Waals surface area (Å²) in [5.41, 5.74) is 0.985. The first kappa shape index (κ1) is 27.2. The number of ether oxygens (including phenoxy) is 2. The van der Waals surface area contributed by atoms with Gasteiger partial charge in [0.1, 0.15) is 5.75 Å². The van der Waals surface area contributed by atoms with E-state index in [0.29, 0.717) is 48.7 Å². The molecule has 8 nitrogen and oxygen atoms in total. The van der Waals surface area contributed by atoms with Crippen molar-refractivity contribution in [3.05, 3.63) is 88.4 Å². The number of nitrogens with zero attached hydrogens (tertiary/aromatic N) is 2. The van der Waals surface area contributed by atoms with Gasteiger partial charge in [-0.15, -0.1) is 0 Å². The maximum atomic E-state index is 13.4. The van der Waals surface area contributed by atoms with E-state index in [9.17, 15) is 14.4 Å². The number of halogens is 1. The molecule has 0 radical (unpaired) electrons. The minimum Gasteiger partial charge on any atom is -0.478 e. The molecule has 38 heavy (non-hydrogen) atoms. The molecule has 0 aliphatic carbocycles. The van der Waals surface area contributed by atoms with Gasteiger partial charge in [0.15, 0.2) is 5.60 Å². The monoisotopic (exact) mass is 579 g/mol. The van der Waals surface area contributed by atoms with Gasteiger partial charge >= 0.3 is 5.97 Å². The second kappa shape index (κ2) is 11.7. The lowest BCUT2D eigenvalue weighted by Crippen LogP contribution is -2.49. The molecule has 4 rings (SSSR count). The third kappa shape index (κ3) is 6.34. The van der Waals surface area contributed by atoms with Crippen LogP contribution in [-0.2, 0) is 9.53 Å². The van der Waals surface area contributed by atoms with E-state index in [1.54, 1.807) is 44.2 Å². The second-order valence-corrected chi connectivity index (χ2v) is 10.3. The smallest absolute Gasteiger partial charge is 0.337 e. The third-order valence-corrected chi connectivity index (χ3v) is 6.86. The average molecular weight is 580 g/mol. The van der Waals surface area contributed by atoms with Gasteiger partial charge in [-0.25, -0.2) is 4.79 Å². The first-order chi connectivity index (χ1) is 18.2. The lowest BCUT2D eigenvalue weighted by Gasteiger charge is -2.37. The molecule has 1 fully saturated rings. The number of nitrogens with one attached hydrogen (secondary N) is 1. The number of esters is 1. The van der Waals surface area contributed by atoms with Gasteiger partial charge in [-0.2, -0.15) is 0 Å². The maximum Gasteiger partial charge on any atom is 0.337 e.